The Morgan fingerprint density at radius 3 is 2.85 bits per heavy atom. The number of rotatable bonds is 5. The first-order valence-corrected chi connectivity index (χ1v) is 7.34. The average molecular weight is 274 g/mol. The van der Waals surface area contributed by atoms with Crippen LogP contribution >= 0.6 is 0 Å². The fourth-order valence-corrected chi connectivity index (χ4v) is 3.07. The molecule has 1 aromatic rings. The molecular formula is C15H22N4O. The first-order valence-electron chi connectivity index (χ1n) is 7.34. The van der Waals surface area contributed by atoms with Gasteiger partial charge in [-0.25, -0.2) is 4.98 Å². The highest BCUT2D eigenvalue weighted by molar-refractivity contribution is 5.98. The molecule has 2 aliphatic carbocycles. The molecule has 1 amide bonds. The highest BCUT2D eigenvalue weighted by atomic mass is 16.1. The quantitative estimate of drug-likeness (QED) is 0.752. The summed E-state index contributed by atoms with van der Waals surface area (Å²) in [6.07, 6.45) is 5.42. The molecule has 1 saturated carbocycles. The zero-order valence-electron chi connectivity index (χ0n) is 11.9. The zero-order chi connectivity index (χ0) is 14.3. The van der Waals surface area contributed by atoms with Gasteiger partial charge >= 0.3 is 0 Å². The molecule has 5 N–H and O–H groups in total. The van der Waals surface area contributed by atoms with Crippen molar-refractivity contribution in [2.45, 2.75) is 44.6 Å². The molecule has 108 valence electrons. The van der Waals surface area contributed by atoms with Gasteiger partial charge in [-0.15, -0.1) is 0 Å². The van der Waals surface area contributed by atoms with Crippen molar-refractivity contribution in [2.75, 3.05) is 11.9 Å². The second kappa shape index (κ2) is 4.74. The number of amides is 1. The molecule has 0 bridgehead atoms. The van der Waals surface area contributed by atoms with Crippen LogP contribution < -0.4 is 16.8 Å². The summed E-state index contributed by atoms with van der Waals surface area (Å²) in [5, 5.41) is 3.41. The third-order valence-electron chi connectivity index (χ3n) is 4.62. The molecule has 1 fully saturated rings. The Bertz CT molecular complexity index is 553. The largest absolute Gasteiger partial charge is 0.365 e. The van der Waals surface area contributed by atoms with E-state index in [0.717, 1.165) is 30.5 Å². The van der Waals surface area contributed by atoms with Crippen molar-refractivity contribution < 1.29 is 4.79 Å². The lowest BCUT2D eigenvalue weighted by molar-refractivity contribution is 0.100. The van der Waals surface area contributed by atoms with E-state index in [1.165, 1.54) is 12.8 Å². The predicted octanol–water partition coefficient (Wildman–Crippen LogP) is 1.21. The van der Waals surface area contributed by atoms with Crippen LogP contribution in [0.3, 0.4) is 0 Å². The monoisotopic (exact) mass is 274 g/mol. The van der Waals surface area contributed by atoms with E-state index in [1.807, 2.05) is 6.07 Å². The van der Waals surface area contributed by atoms with Gasteiger partial charge in [-0.3, -0.25) is 4.79 Å². The molecule has 1 aromatic heterocycles. The van der Waals surface area contributed by atoms with Crippen molar-refractivity contribution in [1.29, 1.82) is 0 Å². The topological polar surface area (TPSA) is 94.0 Å². The minimum atomic E-state index is -0.426. The van der Waals surface area contributed by atoms with Gasteiger partial charge in [0.05, 0.1) is 11.1 Å². The van der Waals surface area contributed by atoms with Crippen LogP contribution in [-0.4, -0.2) is 23.0 Å². The number of hydrogen-bond donors (Lipinski definition) is 3. The van der Waals surface area contributed by atoms with Gasteiger partial charge in [0, 0.05) is 12.2 Å². The number of carbonyl (C=O) groups excluding carboxylic acids is 1. The summed E-state index contributed by atoms with van der Waals surface area (Å²) in [4.78, 5) is 16.3. The number of nitrogens with zero attached hydrogens (tertiary/aromatic N) is 1. The molecule has 0 saturated heterocycles. The zero-order valence-corrected chi connectivity index (χ0v) is 11.9. The number of nitrogens with one attached hydrogen (secondary N) is 1. The second-order valence-corrected chi connectivity index (χ2v) is 6.23. The lowest BCUT2D eigenvalue weighted by atomic mass is 9.95. The molecular weight excluding hydrogens is 252 g/mol. The summed E-state index contributed by atoms with van der Waals surface area (Å²) in [5.74, 6) is 0.742. The third-order valence-corrected chi connectivity index (χ3v) is 4.62. The van der Waals surface area contributed by atoms with E-state index >= 15 is 0 Å². The molecule has 2 aliphatic rings. The standard InChI is InChI=1S/C15H22N4O/c1-15(8-16,10-5-6-10)19-14-11(13(17)20)7-9-3-2-4-12(9)18-14/h7,10H,2-6,8,16H2,1H3,(H2,17,20)(H,18,19). The van der Waals surface area contributed by atoms with Gasteiger partial charge in [0.15, 0.2) is 0 Å². The SMILES string of the molecule is CC(CN)(Nc1nc2c(cc1C(N)=O)CCC2)C1CC1. The van der Waals surface area contributed by atoms with Gasteiger partial charge in [-0.1, -0.05) is 0 Å². The minimum Gasteiger partial charge on any atom is -0.365 e. The van der Waals surface area contributed by atoms with Crippen molar-refractivity contribution in [3.63, 3.8) is 0 Å². The van der Waals surface area contributed by atoms with Crippen LogP contribution in [0.15, 0.2) is 6.07 Å². The maximum absolute atomic E-state index is 11.7. The van der Waals surface area contributed by atoms with E-state index in [4.69, 9.17) is 11.5 Å². The maximum Gasteiger partial charge on any atom is 0.252 e. The molecule has 0 aliphatic heterocycles. The summed E-state index contributed by atoms with van der Waals surface area (Å²) in [7, 11) is 0. The van der Waals surface area contributed by atoms with Crippen molar-refractivity contribution in [3.05, 3.63) is 22.9 Å². The van der Waals surface area contributed by atoms with Crippen molar-refractivity contribution in [1.82, 2.24) is 4.98 Å². The van der Waals surface area contributed by atoms with Crippen LogP contribution in [0.4, 0.5) is 5.82 Å². The van der Waals surface area contributed by atoms with E-state index < -0.39 is 5.91 Å². The van der Waals surface area contributed by atoms with Crippen LogP contribution in [0.1, 0.15) is 47.8 Å². The number of hydrogen-bond acceptors (Lipinski definition) is 4. The Morgan fingerprint density at radius 2 is 2.25 bits per heavy atom. The average Bonchev–Trinajstić information content (AvgIpc) is 3.18. The first kappa shape index (κ1) is 13.4. The number of nitrogens with two attached hydrogens (primary N) is 2. The Balaban J connectivity index is 1.97. The van der Waals surface area contributed by atoms with Gasteiger partial charge in [0.2, 0.25) is 0 Å². The fourth-order valence-electron chi connectivity index (χ4n) is 3.07. The van der Waals surface area contributed by atoms with Crippen molar-refractivity contribution in [3.8, 4) is 0 Å². The predicted molar refractivity (Wildman–Crippen MR) is 78.6 cm³/mol. The maximum atomic E-state index is 11.7. The van der Waals surface area contributed by atoms with Crippen LogP contribution in [0, 0.1) is 5.92 Å². The lowest BCUT2D eigenvalue weighted by Crippen LogP contribution is -2.45. The number of aryl methyl sites for hydroxylation is 2. The Morgan fingerprint density at radius 1 is 1.50 bits per heavy atom. The van der Waals surface area contributed by atoms with E-state index in [-0.39, 0.29) is 5.54 Å². The third kappa shape index (κ3) is 2.26. The summed E-state index contributed by atoms with van der Waals surface area (Å²) in [6.45, 7) is 2.62. The Hall–Kier alpha value is -1.62. The van der Waals surface area contributed by atoms with Crippen molar-refractivity contribution in [2.24, 2.45) is 17.4 Å². The molecule has 20 heavy (non-hydrogen) atoms. The second-order valence-electron chi connectivity index (χ2n) is 6.23. The van der Waals surface area contributed by atoms with Gasteiger partial charge < -0.3 is 16.8 Å². The van der Waals surface area contributed by atoms with Crippen LogP contribution in [0.5, 0.6) is 0 Å². The number of pyridine rings is 1. The molecule has 0 radical (unpaired) electrons. The smallest absolute Gasteiger partial charge is 0.252 e. The summed E-state index contributed by atoms with van der Waals surface area (Å²) < 4.78 is 0. The number of aromatic nitrogens is 1. The molecule has 1 atom stereocenters. The van der Waals surface area contributed by atoms with Gasteiger partial charge in [-0.05, 0) is 56.6 Å². The van der Waals surface area contributed by atoms with E-state index in [0.29, 0.717) is 23.8 Å². The highest BCUT2D eigenvalue weighted by Gasteiger charge is 2.41. The summed E-state index contributed by atoms with van der Waals surface area (Å²) in [6, 6.07) is 1.91. The number of anilines is 1. The first-order chi connectivity index (χ1) is 9.53. The van der Waals surface area contributed by atoms with Gasteiger partial charge in [0.25, 0.3) is 5.91 Å². The minimum absolute atomic E-state index is 0.204. The molecule has 0 aromatic carbocycles. The number of primary amides is 1. The molecule has 3 rings (SSSR count). The highest BCUT2D eigenvalue weighted by Crippen LogP contribution is 2.41. The van der Waals surface area contributed by atoms with Crippen LogP contribution in [0.2, 0.25) is 0 Å². The summed E-state index contributed by atoms with van der Waals surface area (Å²) in [5.41, 5.74) is 14.0. The number of fused-ring (bicyclic) bond motifs is 1. The molecule has 0 spiro atoms. The van der Waals surface area contributed by atoms with E-state index in [1.54, 1.807) is 0 Å². The van der Waals surface area contributed by atoms with E-state index in [9.17, 15) is 4.79 Å². The molecule has 1 heterocycles. The van der Waals surface area contributed by atoms with Gasteiger partial charge in [-0.2, -0.15) is 0 Å². The normalized spacial score (nSPS) is 20.3. The summed E-state index contributed by atoms with van der Waals surface area (Å²) >= 11 is 0. The van der Waals surface area contributed by atoms with Crippen LogP contribution in [-0.2, 0) is 12.8 Å². The Kier molecular flexibility index (Phi) is 3.17. The van der Waals surface area contributed by atoms with Crippen molar-refractivity contribution >= 4 is 11.7 Å². The van der Waals surface area contributed by atoms with Crippen LogP contribution in [0.25, 0.3) is 0 Å². The van der Waals surface area contributed by atoms with E-state index in [2.05, 4.69) is 17.2 Å². The molecule has 1 unspecified atom stereocenters. The Labute approximate surface area is 119 Å². The fraction of sp³-hybridized carbons (Fsp3) is 0.600. The molecule has 5 heteroatoms. The van der Waals surface area contributed by atoms with Gasteiger partial charge in [0.1, 0.15) is 5.82 Å². The lowest BCUT2D eigenvalue weighted by Gasteiger charge is -2.31. The molecule has 5 nitrogen and oxygen atoms in total. The number of carbonyl (C=O) groups is 1.